The van der Waals surface area contributed by atoms with Gasteiger partial charge in [0.1, 0.15) is 11.3 Å². The molecule has 2 atom stereocenters. The van der Waals surface area contributed by atoms with Gasteiger partial charge in [-0.1, -0.05) is 39.0 Å². The fraction of sp³-hybridized carbons (Fsp3) is 0.452. The van der Waals surface area contributed by atoms with E-state index < -0.39 is 0 Å². The number of rotatable bonds is 5. The third kappa shape index (κ3) is 4.38. The van der Waals surface area contributed by atoms with Crippen LogP contribution >= 0.6 is 0 Å². The van der Waals surface area contributed by atoms with Crippen LogP contribution in [0.15, 0.2) is 48.8 Å². The lowest BCUT2D eigenvalue weighted by molar-refractivity contribution is 0.414. The van der Waals surface area contributed by atoms with Crippen molar-refractivity contribution in [2.24, 2.45) is 7.05 Å². The highest BCUT2D eigenvalue weighted by atomic mass is 16.5. The lowest BCUT2D eigenvalue weighted by Gasteiger charge is -2.42. The van der Waals surface area contributed by atoms with Crippen molar-refractivity contribution in [1.29, 1.82) is 0 Å². The Morgan fingerprint density at radius 3 is 2.34 bits per heavy atom. The molecular weight excluding hydrogens is 472 g/mol. The van der Waals surface area contributed by atoms with Crippen LogP contribution < -0.4 is 14.5 Å². The molecule has 2 aromatic carbocycles. The number of benzene rings is 2. The first-order valence-corrected chi connectivity index (χ1v) is 13.7. The molecule has 7 nitrogen and oxygen atoms in total. The van der Waals surface area contributed by atoms with Crippen LogP contribution in [0.25, 0.3) is 11.2 Å². The van der Waals surface area contributed by atoms with Crippen LogP contribution in [-0.4, -0.2) is 51.8 Å². The zero-order chi connectivity index (χ0) is 26.6. The minimum absolute atomic E-state index is 0.101. The van der Waals surface area contributed by atoms with Crippen LogP contribution in [0.4, 0.5) is 11.6 Å². The van der Waals surface area contributed by atoms with Crippen LogP contribution in [0.5, 0.6) is 5.75 Å². The molecule has 0 amide bonds. The van der Waals surface area contributed by atoms with Crippen LogP contribution in [0.2, 0.25) is 0 Å². The summed E-state index contributed by atoms with van der Waals surface area (Å²) < 4.78 is 7.42. The number of imidazole rings is 1. The number of fused-ring (bicyclic) bond motifs is 3. The van der Waals surface area contributed by atoms with Crippen molar-refractivity contribution < 1.29 is 4.74 Å². The Morgan fingerprint density at radius 1 is 0.974 bits per heavy atom. The molecule has 0 spiro atoms. The number of aromatic nitrogens is 4. The zero-order valence-corrected chi connectivity index (χ0v) is 23.4. The Morgan fingerprint density at radius 2 is 1.68 bits per heavy atom. The normalized spacial score (nSPS) is 19.4. The quantitative estimate of drug-likeness (QED) is 0.357. The van der Waals surface area contributed by atoms with Gasteiger partial charge in [-0.2, -0.15) is 4.98 Å². The van der Waals surface area contributed by atoms with Crippen LogP contribution in [-0.2, 0) is 18.9 Å². The number of hydrogen-bond acceptors (Lipinski definition) is 6. The van der Waals surface area contributed by atoms with Gasteiger partial charge < -0.3 is 19.1 Å². The Labute approximate surface area is 225 Å². The van der Waals surface area contributed by atoms with Gasteiger partial charge in [-0.05, 0) is 66.1 Å². The van der Waals surface area contributed by atoms with Gasteiger partial charge in [-0.3, -0.25) is 0 Å². The summed E-state index contributed by atoms with van der Waals surface area (Å²) in [5.41, 5.74) is 8.17. The van der Waals surface area contributed by atoms with Crippen molar-refractivity contribution in [3.8, 4) is 5.75 Å². The number of nitrogens with zero attached hydrogens (tertiary/aromatic N) is 6. The minimum Gasteiger partial charge on any atom is -0.497 e. The molecule has 4 heterocycles. The van der Waals surface area contributed by atoms with Crippen LogP contribution in [0.1, 0.15) is 56.0 Å². The molecule has 0 N–H and O–H groups in total. The van der Waals surface area contributed by atoms with E-state index in [0.717, 1.165) is 60.9 Å². The Kier molecular flexibility index (Phi) is 6.04. The molecule has 6 rings (SSSR count). The number of anilines is 2. The van der Waals surface area contributed by atoms with E-state index in [1.165, 1.54) is 22.4 Å². The topological polar surface area (TPSA) is 59.3 Å². The molecule has 2 bridgehead atoms. The third-order valence-corrected chi connectivity index (χ3v) is 8.36. The summed E-state index contributed by atoms with van der Waals surface area (Å²) in [4.78, 5) is 19.9. The van der Waals surface area contributed by atoms with E-state index in [-0.39, 0.29) is 5.41 Å². The summed E-state index contributed by atoms with van der Waals surface area (Å²) in [5.74, 6) is 1.72. The third-order valence-electron chi connectivity index (χ3n) is 8.36. The monoisotopic (exact) mass is 510 g/mol. The first-order valence-electron chi connectivity index (χ1n) is 13.7. The van der Waals surface area contributed by atoms with Gasteiger partial charge in [-0.25, -0.2) is 9.97 Å². The van der Waals surface area contributed by atoms with Crippen molar-refractivity contribution in [1.82, 2.24) is 19.5 Å². The van der Waals surface area contributed by atoms with E-state index >= 15 is 0 Å². The SMILES string of the molecule is COc1ccc(N2C[C@H]3CC[C@@H](C2)N3c2nc(Cc3cc(C(C)(C)C)ccc3C)c3c(ncn3C)n2)cc1. The van der Waals surface area contributed by atoms with Gasteiger partial charge >= 0.3 is 0 Å². The highest BCUT2D eigenvalue weighted by Gasteiger charge is 2.42. The van der Waals surface area contributed by atoms with Gasteiger partial charge in [0.05, 0.1) is 19.1 Å². The second kappa shape index (κ2) is 9.29. The first kappa shape index (κ1) is 24.7. The van der Waals surface area contributed by atoms with Gasteiger partial charge in [-0.15, -0.1) is 0 Å². The van der Waals surface area contributed by atoms with E-state index in [9.17, 15) is 0 Å². The molecule has 0 saturated carbocycles. The maximum absolute atomic E-state index is 5.36. The average molecular weight is 511 g/mol. The maximum atomic E-state index is 5.36. The average Bonchev–Trinajstić information content (AvgIpc) is 3.40. The summed E-state index contributed by atoms with van der Waals surface area (Å²) in [5, 5.41) is 0. The number of hydrogen-bond donors (Lipinski definition) is 0. The van der Waals surface area contributed by atoms with Crippen molar-refractivity contribution in [3.63, 3.8) is 0 Å². The molecule has 2 saturated heterocycles. The highest BCUT2D eigenvalue weighted by molar-refractivity contribution is 5.76. The van der Waals surface area contributed by atoms with E-state index in [1.807, 2.05) is 25.5 Å². The standard InChI is InChI=1S/C31H38N6O/c1-20-7-8-22(31(2,3)4)15-21(20)16-27-28-29(32-19-35(28)5)34-30(33-27)37-24-9-10-25(37)18-36(17-24)23-11-13-26(38-6)14-12-23/h7-8,11-15,19,24-25H,9-10,16-18H2,1-6H3/t24-,25+. The minimum atomic E-state index is 0.101. The maximum Gasteiger partial charge on any atom is 0.228 e. The molecular formula is C31H38N6O. The molecule has 7 heteroatoms. The highest BCUT2D eigenvalue weighted by Crippen LogP contribution is 2.36. The number of methoxy groups -OCH3 is 1. The van der Waals surface area contributed by atoms with Crippen molar-refractivity contribution in [2.45, 2.75) is 64.5 Å². The second-order valence-corrected chi connectivity index (χ2v) is 12.0. The van der Waals surface area contributed by atoms with E-state index in [4.69, 9.17) is 14.7 Å². The van der Waals surface area contributed by atoms with Gasteiger partial charge in [0, 0.05) is 44.3 Å². The summed E-state index contributed by atoms with van der Waals surface area (Å²) in [7, 11) is 3.75. The fourth-order valence-electron chi connectivity index (χ4n) is 6.11. The van der Waals surface area contributed by atoms with E-state index in [1.54, 1.807) is 7.11 Å². The Hall–Kier alpha value is -3.61. The molecule has 0 unspecified atom stereocenters. The summed E-state index contributed by atoms with van der Waals surface area (Å²) in [6.45, 7) is 10.9. The second-order valence-electron chi connectivity index (χ2n) is 12.0. The predicted molar refractivity (Wildman–Crippen MR) is 153 cm³/mol. The summed E-state index contributed by atoms with van der Waals surface area (Å²) in [6, 6.07) is 16.0. The summed E-state index contributed by atoms with van der Waals surface area (Å²) in [6.07, 6.45) is 4.94. The molecule has 2 aromatic heterocycles. The number of piperazine rings is 1. The number of aryl methyl sites for hydroxylation is 2. The predicted octanol–water partition coefficient (Wildman–Crippen LogP) is 5.43. The molecule has 2 aliphatic heterocycles. The van der Waals surface area contributed by atoms with E-state index in [2.05, 4.69) is 77.4 Å². The van der Waals surface area contributed by atoms with Crippen molar-refractivity contribution in [2.75, 3.05) is 30.0 Å². The largest absolute Gasteiger partial charge is 0.497 e. The van der Waals surface area contributed by atoms with Crippen LogP contribution in [0.3, 0.4) is 0 Å². The zero-order valence-electron chi connectivity index (χ0n) is 23.4. The molecule has 0 radical (unpaired) electrons. The number of ether oxygens (including phenoxy) is 1. The Balaban J connectivity index is 1.34. The summed E-state index contributed by atoms with van der Waals surface area (Å²) >= 11 is 0. The van der Waals surface area contributed by atoms with Gasteiger partial charge in [0.15, 0.2) is 5.65 Å². The first-order chi connectivity index (χ1) is 18.2. The van der Waals surface area contributed by atoms with Crippen LogP contribution in [0, 0.1) is 6.92 Å². The molecule has 0 aliphatic carbocycles. The molecule has 38 heavy (non-hydrogen) atoms. The molecule has 4 aromatic rings. The smallest absolute Gasteiger partial charge is 0.228 e. The lowest BCUT2D eigenvalue weighted by Crippen LogP contribution is -2.54. The molecule has 2 fully saturated rings. The lowest BCUT2D eigenvalue weighted by atomic mass is 9.84. The van der Waals surface area contributed by atoms with Gasteiger partial charge in [0.25, 0.3) is 0 Å². The van der Waals surface area contributed by atoms with Gasteiger partial charge in [0.2, 0.25) is 5.95 Å². The van der Waals surface area contributed by atoms with E-state index in [0.29, 0.717) is 12.1 Å². The Bertz CT molecular complexity index is 1450. The molecule has 198 valence electrons. The van der Waals surface area contributed by atoms with Crippen molar-refractivity contribution in [3.05, 3.63) is 71.2 Å². The molecule has 2 aliphatic rings. The van der Waals surface area contributed by atoms with Crippen molar-refractivity contribution >= 4 is 22.8 Å². The fourth-order valence-corrected chi connectivity index (χ4v) is 6.11.